The van der Waals surface area contributed by atoms with Crippen molar-refractivity contribution in [3.63, 3.8) is 0 Å². The number of amides is 1. The first-order valence-corrected chi connectivity index (χ1v) is 12.9. The van der Waals surface area contributed by atoms with E-state index in [2.05, 4.69) is 26.6 Å². The average molecular weight is 595 g/mol. The number of hydrogen-bond acceptors (Lipinski definition) is 7. The summed E-state index contributed by atoms with van der Waals surface area (Å²) in [7, 11) is 0. The summed E-state index contributed by atoms with van der Waals surface area (Å²) < 4.78 is 0. The van der Waals surface area contributed by atoms with Gasteiger partial charge in [0, 0.05) is 32.7 Å². The van der Waals surface area contributed by atoms with Crippen LogP contribution in [0.3, 0.4) is 0 Å². The third-order valence-corrected chi connectivity index (χ3v) is 6.47. The summed E-state index contributed by atoms with van der Waals surface area (Å²) in [5, 5.41) is 15.7. The summed E-state index contributed by atoms with van der Waals surface area (Å²) in [6.45, 7) is 2.96. The molecule has 0 aromatic heterocycles. The van der Waals surface area contributed by atoms with Crippen molar-refractivity contribution in [2.24, 2.45) is 22.2 Å². The van der Waals surface area contributed by atoms with Crippen molar-refractivity contribution in [3.05, 3.63) is 71.8 Å². The highest BCUT2D eigenvalue weighted by molar-refractivity contribution is 5.94. The number of carbonyl (C=O) groups excluding carboxylic acids is 2. The smallest absolute Gasteiger partial charge is 0.237 e. The van der Waals surface area contributed by atoms with Crippen molar-refractivity contribution >= 4 is 48.5 Å². The Labute approximate surface area is 248 Å². The van der Waals surface area contributed by atoms with Gasteiger partial charge >= 0.3 is 0 Å². The number of guanidine groups is 1. The van der Waals surface area contributed by atoms with Crippen molar-refractivity contribution < 1.29 is 14.7 Å². The molecule has 1 heterocycles. The summed E-state index contributed by atoms with van der Waals surface area (Å²) >= 11 is 0. The van der Waals surface area contributed by atoms with Gasteiger partial charge in [0.25, 0.3) is 0 Å². The zero-order valence-electron chi connectivity index (χ0n) is 22.4. The highest BCUT2D eigenvalue weighted by atomic mass is 35.5. The molecule has 12 heteroatoms. The van der Waals surface area contributed by atoms with E-state index in [1.165, 1.54) is 0 Å². The van der Waals surface area contributed by atoms with Crippen LogP contribution < -0.4 is 27.8 Å². The van der Waals surface area contributed by atoms with Crippen LogP contribution in [0.5, 0.6) is 5.75 Å². The van der Waals surface area contributed by atoms with Crippen LogP contribution in [0, 0.1) is 0 Å². The first-order chi connectivity index (χ1) is 18.3. The minimum Gasteiger partial charge on any atom is -0.508 e. The standard InChI is InChI=1S/C28H39N7O3.2ClH/c29-23(18-21-10-12-22(36)13-11-21)27(38)34-24(9-4-14-33-28(30)31)26(37)25-19-32-15-17-35(25)16-5-8-20-6-2-1-3-7-20;;/h1-3,5-8,10-13,23-25,32,36H,4,9,14-19,29H2,(H,34,38)(H4,30,31,33);2*1H/t23-,24+,25?;;/m0../s1. The number of nitrogens with two attached hydrogens (primary N) is 3. The molecule has 0 saturated carbocycles. The topological polar surface area (TPSA) is 172 Å². The van der Waals surface area contributed by atoms with Crippen LogP contribution in [0.2, 0.25) is 0 Å². The number of aliphatic imine (C=N–C) groups is 1. The lowest BCUT2D eigenvalue weighted by Gasteiger charge is -2.36. The maximum absolute atomic E-state index is 13.7. The molecule has 2 aromatic carbocycles. The minimum absolute atomic E-state index is 0. The van der Waals surface area contributed by atoms with Crippen LogP contribution in [-0.4, -0.2) is 78.5 Å². The Morgan fingerprint density at radius 2 is 1.82 bits per heavy atom. The molecule has 10 nitrogen and oxygen atoms in total. The Morgan fingerprint density at radius 1 is 1.12 bits per heavy atom. The zero-order chi connectivity index (χ0) is 27.3. The lowest BCUT2D eigenvalue weighted by molar-refractivity contribution is -0.132. The fraction of sp³-hybridized carbons (Fsp3) is 0.393. The maximum atomic E-state index is 13.7. The Bertz CT molecular complexity index is 1100. The van der Waals surface area contributed by atoms with Gasteiger partial charge < -0.3 is 32.9 Å². The third kappa shape index (κ3) is 11.5. The molecule has 1 amide bonds. The number of ketones is 1. The van der Waals surface area contributed by atoms with Gasteiger partial charge in [0.05, 0.1) is 18.1 Å². The first-order valence-electron chi connectivity index (χ1n) is 12.9. The molecule has 0 spiro atoms. The second kappa shape index (κ2) is 18.2. The van der Waals surface area contributed by atoms with Gasteiger partial charge in [-0.1, -0.05) is 54.6 Å². The molecule has 9 N–H and O–H groups in total. The summed E-state index contributed by atoms with van der Waals surface area (Å²) in [6.07, 6.45) is 5.29. The summed E-state index contributed by atoms with van der Waals surface area (Å²) in [6, 6.07) is 14.6. The van der Waals surface area contributed by atoms with E-state index in [0.717, 1.165) is 17.7 Å². The molecule has 1 saturated heterocycles. The van der Waals surface area contributed by atoms with Gasteiger partial charge in [-0.15, -0.1) is 24.8 Å². The normalized spacial score (nSPS) is 16.7. The quantitative estimate of drug-likeness (QED) is 0.114. The van der Waals surface area contributed by atoms with Crippen LogP contribution >= 0.6 is 24.8 Å². The molecule has 0 aliphatic carbocycles. The number of carbonyl (C=O) groups is 2. The van der Waals surface area contributed by atoms with E-state index in [0.29, 0.717) is 39.0 Å². The highest BCUT2D eigenvalue weighted by Gasteiger charge is 2.34. The Balaban J connectivity index is 0.00000400. The fourth-order valence-corrected chi connectivity index (χ4v) is 4.41. The monoisotopic (exact) mass is 593 g/mol. The van der Waals surface area contributed by atoms with Gasteiger partial charge in [0.2, 0.25) is 5.91 Å². The minimum atomic E-state index is -0.845. The molecular formula is C28H41Cl2N7O3. The molecular weight excluding hydrogens is 553 g/mol. The third-order valence-electron chi connectivity index (χ3n) is 6.47. The van der Waals surface area contributed by atoms with Crippen LogP contribution in [0.15, 0.2) is 65.7 Å². The number of Topliss-reactive ketones (excluding diaryl/α,β-unsaturated/α-hetero) is 1. The molecule has 1 fully saturated rings. The molecule has 1 aliphatic rings. The molecule has 0 radical (unpaired) electrons. The van der Waals surface area contributed by atoms with Crippen molar-refractivity contribution in [1.29, 1.82) is 0 Å². The van der Waals surface area contributed by atoms with Crippen molar-refractivity contribution in [2.45, 2.75) is 37.4 Å². The fourth-order valence-electron chi connectivity index (χ4n) is 4.41. The van der Waals surface area contributed by atoms with Gasteiger partial charge in [0.15, 0.2) is 11.7 Å². The predicted octanol–water partition coefficient (Wildman–Crippen LogP) is 1.20. The Kier molecular flexibility index (Phi) is 15.9. The molecule has 40 heavy (non-hydrogen) atoms. The molecule has 3 rings (SSSR count). The van der Waals surface area contributed by atoms with Gasteiger partial charge in [-0.3, -0.25) is 19.5 Å². The summed E-state index contributed by atoms with van der Waals surface area (Å²) in [4.78, 5) is 32.9. The highest BCUT2D eigenvalue weighted by Crippen LogP contribution is 2.14. The lowest BCUT2D eigenvalue weighted by atomic mass is 9.97. The first kappa shape index (κ1) is 34.9. The second-order valence-electron chi connectivity index (χ2n) is 9.42. The van der Waals surface area contributed by atoms with Crippen LogP contribution in [0.1, 0.15) is 24.0 Å². The number of hydrogen-bond donors (Lipinski definition) is 6. The maximum Gasteiger partial charge on any atom is 0.237 e. The van der Waals surface area contributed by atoms with Crippen LogP contribution in [0.4, 0.5) is 0 Å². The predicted molar refractivity (Wildman–Crippen MR) is 165 cm³/mol. The molecule has 1 unspecified atom stereocenters. The average Bonchev–Trinajstić information content (AvgIpc) is 2.92. The summed E-state index contributed by atoms with van der Waals surface area (Å²) in [5.74, 6) is -0.346. The number of nitrogens with one attached hydrogen (secondary N) is 2. The Hall–Kier alpha value is -3.15. The van der Waals surface area contributed by atoms with Crippen molar-refractivity contribution in [1.82, 2.24) is 15.5 Å². The van der Waals surface area contributed by atoms with E-state index in [1.54, 1.807) is 24.3 Å². The van der Waals surface area contributed by atoms with Gasteiger partial charge in [0.1, 0.15) is 5.75 Å². The molecule has 1 aliphatic heterocycles. The van der Waals surface area contributed by atoms with E-state index in [1.807, 2.05) is 36.4 Å². The number of phenolic OH excluding ortho intramolecular Hbond substituents is 1. The number of halogens is 2. The van der Waals surface area contributed by atoms with E-state index in [4.69, 9.17) is 17.2 Å². The molecule has 220 valence electrons. The number of aromatic hydroxyl groups is 1. The molecule has 0 bridgehead atoms. The molecule has 3 atom stereocenters. The van der Waals surface area contributed by atoms with Gasteiger partial charge in [-0.25, -0.2) is 0 Å². The number of phenols is 1. The van der Waals surface area contributed by atoms with Crippen molar-refractivity contribution in [3.8, 4) is 5.75 Å². The lowest BCUT2D eigenvalue weighted by Crippen LogP contribution is -2.60. The SMILES string of the molecule is Cl.Cl.NC(N)=NCCC[C@@H](NC(=O)[C@@H](N)Cc1ccc(O)cc1)C(=O)C1CNCCN1CC=Cc1ccccc1. The Morgan fingerprint density at radius 3 is 2.50 bits per heavy atom. The number of rotatable bonds is 13. The van der Waals surface area contributed by atoms with E-state index in [-0.39, 0.29) is 48.7 Å². The van der Waals surface area contributed by atoms with Gasteiger partial charge in [-0.2, -0.15) is 0 Å². The van der Waals surface area contributed by atoms with Crippen LogP contribution in [0.25, 0.3) is 6.08 Å². The molecule has 2 aromatic rings. The largest absolute Gasteiger partial charge is 0.508 e. The second-order valence-corrected chi connectivity index (χ2v) is 9.42. The van der Waals surface area contributed by atoms with E-state index >= 15 is 0 Å². The van der Waals surface area contributed by atoms with Crippen LogP contribution in [-0.2, 0) is 16.0 Å². The summed E-state index contributed by atoms with van der Waals surface area (Å²) in [5.41, 5.74) is 19.0. The number of nitrogens with zero attached hydrogens (tertiary/aromatic N) is 2. The zero-order valence-corrected chi connectivity index (χ0v) is 24.1. The van der Waals surface area contributed by atoms with E-state index in [9.17, 15) is 14.7 Å². The van der Waals surface area contributed by atoms with Crippen molar-refractivity contribution in [2.75, 3.05) is 32.7 Å². The van der Waals surface area contributed by atoms with E-state index < -0.39 is 24.0 Å². The number of benzene rings is 2. The number of piperazine rings is 1. The van der Waals surface area contributed by atoms with Gasteiger partial charge in [-0.05, 0) is 42.5 Å².